The minimum atomic E-state index is -0.0911. The van der Waals surface area contributed by atoms with Crippen LogP contribution in [-0.2, 0) is 14.3 Å². The first kappa shape index (κ1) is 14.7. The Morgan fingerprint density at radius 3 is 2.33 bits per heavy atom. The highest BCUT2D eigenvalue weighted by Gasteiger charge is 2.27. The zero-order valence-corrected chi connectivity index (χ0v) is 11.5. The summed E-state index contributed by atoms with van der Waals surface area (Å²) in [6.45, 7) is 6.06. The summed E-state index contributed by atoms with van der Waals surface area (Å²) in [6.07, 6.45) is 4.92. The van der Waals surface area contributed by atoms with E-state index in [1.165, 1.54) is 0 Å². The maximum atomic E-state index is 11.6. The summed E-state index contributed by atoms with van der Waals surface area (Å²) >= 11 is 0. The lowest BCUT2D eigenvalue weighted by Gasteiger charge is -2.27. The Balaban J connectivity index is 2.33. The second kappa shape index (κ2) is 7.19. The van der Waals surface area contributed by atoms with Gasteiger partial charge in [0, 0.05) is 12.1 Å². The highest BCUT2D eigenvalue weighted by molar-refractivity contribution is 5.88. The van der Waals surface area contributed by atoms with Gasteiger partial charge in [0.05, 0.1) is 12.5 Å². The van der Waals surface area contributed by atoms with Crippen LogP contribution in [0.25, 0.3) is 0 Å². The topological polar surface area (TPSA) is 55.4 Å². The van der Waals surface area contributed by atoms with E-state index in [9.17, 15) is 9.59 Å². The SMILES string of the molecule is CCOC(=O)C1CCC(NC(=O)C=C(C)C)CC1. The van der Waals surface area contributed by atoms with Gasteiger partial charge in [0.25, 0.3) is 0 Å². The lowest BCUT2D eigenvalue weighted by atomic mass is 9.86. The summed E-state index contributed by atoms with van der Waals surface area (Å²) in [5.74, 6) is -0.109. The Morgan fingerprint density at radius 2 is 1.83 bits per heavy atom. The first-order chi connectivity index (χ1) is 8.52. The van der Waals surface area contributed by atoms with Crippen LogP contribution in [0.4, 0.5) is 0 Å². The van der Waals surface area contributed by atoms with E-state index in [1.807, 2.05) is 20.8 Å². The summed E-state index contributed by atoms with van der Waals surface area (Å²) < 4.78 is 5.01. The molecule has 102 valence electrons. The molecule has 0 aliphatic heterocycles. The number of allylic oxidation sites excluding steroid dienone is 1. The van der Waals surface area contributed by atoms with Crippen molar-refractivity contribution in [2.45, 2.75) is 52.5 Å². The van der Waals surface area contributed by atoms with E-state index in [0.717, 1.165) is 31.3 Å². The van der Waals surface area contributed by atoms with Gasteiger partial charge in [-0.05, 0) is 46.5 Å². The second-order valence-corrected chi connectivity index (χ2v) is 5.03. The molecular weight excluding hydrogens is 230 g/mol. The molecule has 4 heteroatoms. The molecule has 18 heavy (non-hydrogen) atoms. The summed E-state index contributed by atoms with van der Waals surface area (Å²) in [4.78, 5) is 23.1. The highest BCUT2D eigenvalue weighted by Crippen LogP contribution is 2.25. The van der Waals surface area contributed by atoms with Crippen molar-refractivity contribution in [1.82, 2.24) is 5.32 Å². The van der Waals surface area contributed by atoms with Crippen LogP contribution in [-0.4, -0.2) is 24.5 Å². The predicted molar refractivity (Wildman–Crippen MR) is 70.0 cm³/mol. The number of carbonyl (C=O) groups excluding carboxylic acids is 2. The largest absolute Gasteiger partial charge is 0.466 e. The van der Waals surface area contributed by atoms with E-state index >= 15 is 0 Å². The van der Waals surface area contributed by atoms with Crippen molar-refractivity contribution in [1.29, 1.82) is 0 Å². The Kier molecular flexibility index (Phi) is 5.89. The van der Waals surface area contributed by atoms with Gasteiger partial charge < -0.3 is 10.1 Å². The lowest BCUT2D eigenvalue weighted by molar-refractivity contribution is -0.149. The van der Waals surface area contributed by atoms with Crippen LogP contribution in [0.5, 0.6) is 0 Å². The van der Waals surface area contributed by atoms with Crippen molar-refractivity contribution in [2.75, 3.05) is 6.61 Å². The molecule has 1 rings (SSSR count). The third kappa shape index (κ3) is 4.90. The molecule has 4 nitrogen and oxygen atoms in total. The molecule has 0 radical (unpaired) electrons. The van der Waals surface area contributed by atoms with Crippen LogP contribution in [0, 0.1) is 5.92 Å². The summed E-state index contributed by atoms with van der Waals surface area (Å²) in [6, 6.07) is 0.193. The average Bonchev–Trinajstić information content (AvgIpc) is 2.29. The highest BCUT2D eigenvalue weighted by atomic mass is 16.5. The Bertz CT molecular complexity index is 324. The molecule has 0 saturated heterocycles. The van der Waals surface area contributed by atoms with E-state index in [-0.39, 0.29) is 23.8 Å². The number of hydrogen-bond donors (Lipinski definition) is 1. The maximum Gasteiger partial charge on any atom is 0.308 e. The van der Waals surface area contributed by atoms with Crippen LogP contribution in [0.3, 0.4) is 0 Å². The van der Waals surface area contributed by atoms with Gasteiger partial charge in [-0.25, -0.2) is 0 Å². The maximum absolute atomic E-state index is 11.6. The predicted octanol–water partition coefficient (Wildman–Crippen LogP) is 2.19. The quantitative estimate of drug-likeness (QED) is 0.617. The molecule has 1 amide bonds. The van der Waals surface area contributed by atoms with Crippen molar-refractivity contribution in [3.63, 3.8) is 0 Å². The molecule has 1 N–H and O–H groups in total. The number of amides is 1. The van der Waals surface area contributed by atoms with Crippen molar-refractivity contribution < 1.29 is 14.3 Å². The molecule has 0 unspecified atom stereocenters. The third-order valence-corrected chi connectivity index (χ3v) is 3.11. The standard InChI is InChI=1S/C14H23NO3/c1-4-18-14(17)11-5-7-12(8-6-11)15-13(16)9-10(2)3/h9,11-12H,4-8H2,1-3H3,(H,15,16). The molecule has 1 saturated carbocycles. The van der Waals surface area contributed by atoms with Gasteiger partial charge in [-0.15, -0.1) is 0 Å². The van der Waals surface area contributed by atoms with Gasteiger partial charge in [-0.3, -0.25) is 9.59 Å². The molecule has 0 aromatic rings. The van der Waals surface area contributed by atoms with Gasteiger partial charge in [-0.1, -0.05) is 5.57 Å². The summed E-state index contributed by atoms with van der Waals surface area (Å²) in [5.41, 5.74) is 0.993. The normalized spacial score (nSPS) is 23.1. The van der Waals surface area contributed by atoms with E-state index < -0.39 is 0 Å². The number of carbonyl (C=O) groups is 2. The number of rotatable bonds is 4. The van der Waals surface area contributed by atoms with Crippen molar-refractivity contribution >= 4 is 11.9 Å². The van der Waals surface area contributed by atoms with E-state index in [1.54, 1.807) is 6.08 Å². The van der Waals surface area contributed by atoms with Crippen molar-refractivity contribution in [2.24, 2.45) is 5.92 Å². The molecule has 0 aromatic heterocycles. The number of hydrogen-bond acceptors (Lipinski definition) is 3. The molecule has 0 bridgehead atoms. The first-order valence-corrected chi connectivity index (χ1v) is 6.65. The first-order valence-electron chi connectivity index (χ1n) is 6.65. The number of ether oxygens (including phenoxy) is 1. The van der Waals surface area contributed by atoms with Crippen molar-refractivity contribution in [3.05, 3.63) is 11.6 Å². The van der Waals surface area contributed by atoms with E-state index in [4.69, 9.17) is 4.74 Å². The average molecular weight is 253 g/mol. The van der Waals surface area contributed by atoms with Crippen LogP contribution >= 0.6 is 0 Å². The molecular formula is C14H23NO3. The molecule has 1 aliphatic rings. The van der Waals surface area contributed by atoms with Crippen LogP contribution < -0.4 is 5.32 Å². The van der Waals surface area contributed by atoms with Crippen LogP contribution in [0.2, 0.25) is 0 Å². The van der Waals surface area contributed by atoms with Crippen molar-refractivity contribution in [3.8, 4) is 0 Å². The molecule has 1 aliphatic carbocycles. The molecule has 0 spiro atoms. The minimum Gasteiger partial charge on any atom is -0.466 e. The zero-order chi connectivity index (χ0) is 13.5. The van der Waals surface area contributed by atoms with Gasteiger partial charge in [0.1, 0.15) is 0 Å². The molecule has 0 heterocycles. The lowest BCUT2D eigenvalue weighted by Crippen LogP contribution is -2.38. The fourth-order valence-electron chi connectivity index (χ4n) is 2.24. The summed E-state index contributed by atoms with van der Waals surface area (Å²) in [7, 11) is 0. The fourth-order valence-corrected chi connectivity index (χ4v) is 2.24. The van der Waals surface area contributed by atoms with Gasteiger partial charge >= 0.3 is 5.97 Å². The minimum absolute atomic E-state index is 0.0153. The van der Waals surface area contributed by atoms with E-state index in [0.29, 0.717) is 6.61 Å². The smallest absolute Gasteiger partial charge is 0.308 e. The zero-order valence-electron chi connectivity index (χ0n) is 11.5. The molecule has 1 fully saturated rings. The Hall–Kier alpha value is -1.32. The van der Waals surface area contributed by atoms with Gasteiger partial charge in [-0.2, -0.15) is 0 Å². The monoisotopic (exact) mass is 253 g/mol. The second-order valence-electron chi connectivity index (χ2n) is 5.03. The number of esters is 1. The third-order valence-electron chi connectivity index (χ3n) is 3.11. The van der Waals surface area contributed by atoms with Crippen LogP contribution in [0.15, 0.2) is 11.6 Å². The summed E-state index contributed by atoms with van der Waals surface area (Å²) in [5, 5.41) is 2.97. The number of nitrogens with one attached hydrogen (secondary N) is 1. The van der Waals surface area contributed by atoms with Crippen LogP contribution in [0.1, 0.15) is 46.5 Å². The Morgan fingerprint density at radius 1 is 1.22 bits per heavy atom. The Labute approximate surface area is 109 Å². The van der Waals surface area contributed by atoms with E-state index in [2.05, 4.69) is 5.32 Å². The molecule has 0 aromatic carbocycles. The fraction of sp³-hybridized carbons (Fsp3) is 0.714. The van der Waals surface area contributed by atoms with Gasteiger partial charge in [0.2, 0.25) is 5.91 Å². The molecule has 0 atom stereocenters. The van der Waals surface area contributed by atoms with Gasteiger partial charge in [0.15, 0.2) is 0 Å².